The summed E-state index contributed by atoms with van der Waals surface area (Å²) in [6.07, 6.45) is 0. The summed E-state index contributed by atoms with van der Waals surface area (Å²) in [6, 6.07) is 6.52. The molecule has 1 aliphatic rings. The highest BCUT2D eigenvalue weighted by molar-refractivity contribution is 14.1. The summed E-state index contributed by atoms with van der Waals surface area (Å²) in [5, 5.41) is 6.17. The Morgan fingerprint density at radius 2 is 2.28 bits per heavy atom. The topological polar surface area (TPSA) is 44.4 Å². The molecule has 1 heterocycles. The van der Waals surface area contributed by atoms with Crippen molar-refractivity contribution in [2.24, 2.45) is 0 Å². The Balaban J connectivity index is 1.90. The zero-order valence-corrected chi connectivity index (χ0v) is 12.8. The summed E-state index contributed by atoms with van der Waals surface area (Å²) in [6.45, 7) is 4.41. The van der Waals surface area contributed by atoms with Crippen LogP contribution in [0.3, 0.4) is 0 Å². The first-order chi connectivity index (χ1) is 8.56. The molecule has 0 unspecified atom stereocenters. The summed E-state index contributed by atoms with van der Waals surface area (Å²) in [7, 11) is 1.99. The van der Waals surface area contributed by atoms with E-state index in [1.807, 2.05) is 26.1 Å². The fraction of sp³-hybridized carbons (Fsp3) is 0.462. The molecule has 0 bridgehead atoms. The molecule has 0 spiro atoms. The van der Waals surface area contributed by atoms with Gasteiger partial charge in [0.15, 0.2) is 0 Å². The Morgan fingerprint density at radius 1 is 1.56 bits per heavy atom. The first-order valence-electron chi connectivity index (χ1n) is 6.03. The molecule has 0 aromatic heterocycles. The molecule has 1 saturated heterocycles. The quantitative estimate of drug-likeness (QED) is 0.800. The highest BCUT2D eigenvalue weighted by Gasteiger charge is 2.22. The third-order valence-electron chi connectivity index (χ3n) is 3.24. The second-order valence-corrected chi connectivity index (χ2v) is 5.98. The highest BCUT2D eigenvalue weighted by atomic mass is 127. The Kier molecular flexibility index (Phi) is 4.58. The average Bonchev–Trinajstić information content (AvgIpc) is 2.19. The number of nitrogens with one attached hydrogen (secondary N) is 2. The fourth-order valence-corrected chi connectivity index (χ4v) is 2.54. The predicted molar refractivity (Wildman–Crippen MR) is 81.8 cm³/mol. The minimum absolute atomic E-state index is 0.0497. The Bertz CT molecular complexity index is 446. The van der Waals surface area contributed by atoms with E-state index in [0.29, 0.717) is 12.6 Å². The van der Waals surface area contributed by atoms with Gasteiger partial charge in [0.1, 0.15) is 0 Å². The van der Waals surface area contributed by atoms with Crippen LogP contribution in [0.25, 0.3) is 0 Å². The largest absolute Gasteiger partial charge is 0.325 e. The number of anilines is 1. The minimum atomic E-state index is 0.0497. The zero-order chi connectivity index (χ0) is 13.1. The monoisotopic (exact) mass is 359 g/mol. The van der Waals surface area contributed by atoms with E-state index in [1.54, 1.807) is 0 Å². The first kappa shape index (κ1) is 13.8. The van der Waals surface area contributed by atoms with Crippen molar-refractivity contribution in [2.45, 2.75) is 13.0 Å². The Labute approximate surface area is 121 Å². The van der Waals surface area contributed by atoms with E-state index in [-0.39, 0.29) is 5.91 Å². The summed E-state index contributed by atoms with van der Waals surface area (Å²) >= 11 is 2.27. The van der Waals surface area contributed by atoms with Crippen molar-refractivity contribution in [1.29, 1.82) is 0 Å². The number of aryl methyl sites for hydroxylation is 1. The van der Waals surface area contributed by atoms with Crippen molar-refractivity contribution < 1.29 is 4.79 Å². The summed E-state index contributed by atoms with van der Waals surface area (Å²) in [5.74, 6) is 0.0497. The number of likely N-dealkylation sites (N-methyl/N-ethyl adjacent to an activating group) is 1. The van der Waals surface area contributed by atoms with Crippen LogP contribution in [0.15, 0.2) is 18.2 Å². The number of hydrogen-bond acceptors (Lipinski definition) is 3. The number of benzene rings is 1. The number of amides is 1. The lowest BCUT2D eigenvalue weighted by molar-refractivity contribution is -0.117. The summed E-state index contributed by atoms with van der Waals surface area (Å²) in [5.41, 5.74) is 2.00. The minimum Gasteiger partial charge on any atom is -0.325 e. The average molecular weight is 359 g/mol. The molecule has 2 N–H and O–H groups in total. The van der Waals surface area contributed by atoms with Gasteiger partial charge in [-0.15, -0.1) is 0 Å². The van der Waals surface area contributed by atoms with Gasteiger partial charge < -0.3 is 10.6 Å². The van der Waals surface area contributed by atoms with Crippen LogP contribution in [0.5, 0.6) is 0 Å². The molecule has 0 atom stereocenters. The standard InChI is InChI=1S/C13H18IN3O/c1-9-5-10(14)3-4-12(9)16-13(18)8-17(2)11-6-15-7-11/h3-5,11,15H,6-8H2,1-2H3,(H,16,18). The van der Waals surface area contributed by atoms with Crippen LogP contribution in [0.4, 0.5) is 5.69 Å². The SMILES string of the molecule is Cc1cc(I)ccc1NC(=O)CN(C)C1CNC1. The van der Waals surface area contributed by atoms with Gasteiger partial charge in [0.05, 0.1) is 6.54 Å². The lowest BCUT2D eigenvalue weighted by Gasteiger charge is -2.35. The van der Waals surface area contributed by atoms with Gasteiger partial charge in [-0.2, -0.15) is 0 Å². The van der Waals surface area contributed by atoms with Crippen LogP contribution in [0, 0.1) is 10.5 Å². The van der Waals surface area contributed by atoms with Gasteiger partial charge >= 0.3 is 0 Å². The van der Waals surface area contributed by atoms with E-state index in [0.717, 1.165) is 24.3 Å². The van der Waals surface area contributed by atoms with Crippen LogP contribution in [0.1, 0.15) is 5.56 Å². The lowest BCUT2D eigenvalue weighted by atomic mass is 10.1. The van der Waals surface area contributed by atoms with Crippen LogP contribution < -0.4 is 10.6 Å². The lowest BCUT2D eigenvalue weighted by Crippen LogP contribution is -2.57. The Hall–Kier alpha value is -0.660. The molecule has 0 radical (unpaired) electrons. The maximum atomic E-state index is 11.9. The predicted octanol–water partition coefficient (Wildman–Crippen LogP) is 1.44. The first-order valence-corrected chi connectivity index (χ1v) is 7.11. The van der Waals surface area contributed by atoms with Crippen molar-refractivity contribution in [1.82, 2.24) is 10.2 Å². The molecular formula is C13H18IN3O. The highest BCUT2D eigenvalue weighted by Crippen LogP contribution is 2.17. The molecule has 0 saturated carbocycles. The van der Waals surface area contributed by atoms with Crippen LogP contribution in [0.2, 0.25) is 0 Å². The molecule has 4 nitrogen and oxygen atoms in total. The third kappa shape index (κ3) is 3.43. The molecule has 1 aliphatic heterocycles. The number of halogens is 1. The molecule has 18 heavy (non-hydrogen) atoms. The fourth-order valence-electron chi connectivity index (χ4n) is 1.90. The number of hydrogen-bond donors (Lipinski definition) is 2. The number of nitrogens with zero attached hydrogens (tertiary/aromatic N) is 1. The molecule has 1 fully saturated rings. The van der Waals surface area contributed by atoms with E-state index in [4.69, 9.17) is 0 Å². The smallest absolute Gasteiger partial charge is 0.238 e. The molecule has 1 aromatic rings. The molecule has 1 amide bonds. The maximum Gasteiger partial charge on any atom is 0.238 e. The van der Waals surface area contributed by atoms with Crippen LogP contribution in [-0.2, 0) is 4.79 Å². The summed E-state index contributed by atoms with van der Waals surface area (Å²) in [4.78, 5) is 14.0. The van der Waals surface area contributed by atoms with Crippen molar-refractivity contribution >= 4 is 34.2 Å². The van der Waals surface area contributed by atoms with Gasteiger partial charge in [-0.1, -0.05) is 0 Å². The summed E-state index contributed by atoms with van der Waals surface area (Å²) < 4.78 is 1.18. The number of rotatable bonds is 4. The van der Waals surface area contributed by atoms with E-state index < -0.39 is 0 Å². The van der Waals surface area contributed by atoms with Crippen molar-refractivity contribution in [3.05, 3.63) is 27.3 Å². The van der Waals surface area contributed by atoms with E-state index in [1.165, 1.54) is 3.57 Å². The normalized spacial score (nSPS) is 15.6. The van der Waals surface area contributed by atoms with Gasteiger partial charge in [-0.25, -0.2) is 0 Å². The van der Waals surface area contributed by atoms with Crippen molar-refractivity contribution in [3.8, 4) is 0 Å². The van der Waals surface area contributed by atoms with Crippen molar-refractivity contribution in [2.75, 3.05) is 32.0 Å². The second kappa shape index (κ2) is 5.99. The van der Waals surface area contributed by atoms with Crippen LogP contribution >= 0.6 is 22.6 Å². The molecular weight excluding hydrogens is 341 g/mol. The number of carbonyl (C=O) groups excluding carboxylic acids is 1. The Morgan fingerprint density at radius 3 is 2.83 bits per heavy atom. The van der Waals surface area contributed by atoms with Crippen molar-refractivity contribution in [3.63, 3.8) is 0 Å². The molecule has 98 valence electrons. The van der Waals surface area contributed by atoms with Gasteiger partial charge in [-0.3, -0.25) is 9.69 Å². The van der Waals surface area contributed by atoms with Gasteiger partial charge in [0, 0.05) is 28.4 Å². The maximum absolute atomic E-state index is 11.9. The van der Waals surface area contributed by atoms with E-state index >= 15 is 0 Å². The second-order valence-electron chi connectivity index (χ2n) is 4.73. The molecule has 1 aromatic carbocycles. The molecule has 0 aliphatic carbocycles. The molecule has 2 rings (SSSR count). The van der Waals surface area contributed by atoms with Crippen LogP contribution in [-0.4, -0.2) is 43.5 Å². The van der Waals surface area contributed by atoms with E-state index in [2.05, 4.69) is 44.2 Å². The zero-order valence-electron chi connectivity index (χ0n) is 10.7. The van der Waals surface area contributed by atoms with E-state index in [9.17, 15) is 4.79 Å². The number of carbonyl (C=O) groups is 1. The third-order valence-corrected chi connectivity index (χ3v) is 3.91. The van der Waals surface area contributed by atoms with Gasteiger partial charge in [0.25, 0.3) is 0 Å². The molecule has 5 heteroatoms. The van der Waals surface area contributed by atoms with Gasteiger partial charge in [0.2, 0.25) is 5.91 Å². The van der Waals surface area contributed by atoms with Gasteiger partial charge in [-0.05, 0) is 60.3 Å².